The number of ether oxygens (including phenoxy) is 1. The molecule has 1 aliphatic rings. The van der Waals surface area contributed by atoms with Crippen LogP contribution < -0.4 is 15.4 Å². The molecule has 0 aliphatic heterocycles. The predicted octanol–water partition coefficient (Wildman–Crippen LogP) is 2.88. The first kappa shape index (κ1) is 15.1. The van der Waals surface area contributed by atoms with Crippen LogP contribution in [0.15, 0.2) is 22.7 Å². The lowest BCUT2D eigenvalue weighted by atomic mass is 9.93. The van der Waals surface area contributed by atoms with Gasteiger partial charge in [0.1, 0.15) is 5.75 Å². The molecule has 1 saturated carbocycles. The number of urea groups is 1. The highest BCUT2D eigenvalue weighted by molar-refractivity contribution is 9.10. The molecule has 3 N–H and O–H groups in total. The lowest BCUT2D eigenvalue weighted by Gasteiger charge is -2.28. The zero-order valence-corrected chi connectivity index (χ0v) is 12.9. The number of rotatable bonds is 3. The summed E-state index contributed by atoms with van der Waals surface area (Å²) in [6, 6.07) is 4.85. The number of hydrogen-bond donors (Lipinski definition) is 3. The molecule has 2 amide bonds. The summed E-state index contributed by atoms with van der Waals surface area (Å²) in [6.07, 6.45) is 3.17. The summed E-state index contributed by atoms with van der Waals surface area (Å²) in [5.74, 6) is 0.713. The molecule has 110 valence electrons. The molecule has 0 bridgehead atoms. The van der Waals surface area contributed by atoms with Gasteiger partial charge in [0, 0.05) is 4.47 Å². The van der Waals surface area contributed by atoms with Gasteiger partial charge < -0.3 is 20.5 Å². The number of anilines is 1. The maximum absolute atomic E-state index is 11.9. The van der Waals surface area contributed by atoms with E-state index < -0.39 is 6.10 Å². The standard InChI is InChI=1S/C14H19BrN2O3/c1-20-9-6-7-11(10(15)8-9)16-14(19)17-12-4-2-3-5-13(12)18/h6-8,12-13,18H,2-5H2,1H3,(H2,16,17,19)/t12-,13-/m0/s1. The van der Waals surface area contributed by atoms with Crippen molar-refractivity contribution in [3.8, 4) is 5.75 Å². The smallest absolute Gasteiger partial charge is 0.319 e. The fourth-order valence-corrected chi connectivity index (χ4v) is 2.79. The topological polar surface area (TPSA) is 70.6 Å². The van der Waals surface area contributed by atoms with E-state index in [0.29, 0.717) is 11.4 Å². The van der Waals surface area contributed by atoms with Crippen LogP contribution in [0.4, 0.5) is 10.5 Å². The van der Waals surface area contributed by atoms with E-state index in [0.717, 1.165) is 30.2 Å². The van der Waals surface area contributed by atoms with E-state index in [9.17, 15) is 9.90 Å². The number of methoxy groups -OCH3 is 1. The molecule has 5 nitrogen and oxygen atoms in total. The summed E-state index contributed by atoms with van der Waals surface area (Å²) in [6.45, 7) is 0. The summed E-state index contributed by atoms with van der Waals surface area (Å²) in [5.41, 5.74) is 0.661. The van der Waals surface area contributed by atoms with Gasteiger partial charge in [-0.15, -0.1) is 0 Å². The zero-order valence-electron chi connectivity index (χ0n) is 11.4. The van der Waals surface area contributed by atoms with Crippen molar-refractivity contribution in [1.29, 1.82) is 0 Å². The highest BCUT2D eigenvalue weighted by atomic mass is 79.9. The van der Waals surface area contributed by atoms with Crippen molar-refractivity contribution in [2.45, 2.75) is 37.8 Å². The normalized spacial score (nSPS) is 22.1. The largest absolute Gasteiger partial charge is 0.497 e. The predicted molar refractivity (Wildman–Crippen MR) is 81.1 cm³/mol. The van der Waals surface area contributed by atoms with Crippen LogP contribution >= 0.6 is 15.9 Å². The fourth-order valence-electron chi connectivity index (χ4n) is 2.33. The summed E-state index contributed by atoms with van der Waals surface area (Å²) < 4.78 is 5.85. The third-order valence-corrected chi connectivity index (χ3v) is 4.13. The number of carbonyl (C=O) groups is 1. The third kappa shape index (κ3) is 3.86. The maximum Gasteiger partial charge on any atom is 0.319 e. The Labute approximate surface area is 126 Å². The van der Waals surface area contributed by atoms with Crippen LogP contribution in [0.25, 0.3) is 0 Å². The van der Waals surface area contributed by atoms with E-state index >= 15 is 0 Å². The Morgan fingerprint density at radius 2 is 2.15 bits per heavy atom. The lowest BCUT2D eigenvalue weighted by molar-refractivity contribution is 0.0955. The van der Waals surface area contributed by atoms with Crippen molar-refractivity contribution in [2.24, 2.45) is 0 Å². The van der Waals surface area contributed by atoms with Crippen LogP contribution in [-0.4, -0.2) is 30.4 Å². The van der Waals surface area contributed by atoms with Crippen molar-refractivity contribution in [1.82, 2.24) is 5.32 Å². The summed E-state index contributed by atoms with van der Waals surface area (Å²) in [5, 5.41) is 15.4. The second kappa shape index (κ2) is 6.95. The highest BCUT2D eigenvalue weighted by Gasteiger charge is 2.24. The molecular formula is C14H19BrN2O3. The number of nitrogens with one attached hydrogen (secondary N) is 2. The average Bonchev–Trinajstić information content (AvgIpc) is 2.43. The molecule has 20 heavy (non-hydrogen) atoms. The number of aliphatic hydroxyl groups excluding tert-OH is 1. The van der Waals surface area contributed by atoms with Crippen LogP contribution in [0.1, 0.15) is 25.7 Å². The van der Waals surface area contributed by atoms with Crippen LogP contribution in [0.2, 0.25) is 0 Å². The van der Waals surface area contributed by atoms with Crippen molar-refractivity contribution in [3.63, 3.8) is 0 Å². The van der Waals surface area contributed by atoms with Gasteiger partial charge in [0.15, 0.2) is 0 Å². The molecule has 1 fully saturated rings. The third-order valence-electron chi connectivity index (χ3n) is 3.47. The van der Waals surface area contributed by atoms with Gasteiger partial charge in [-0.25, -0.2) is 4.79 Å². The van der Waals surface area contributed by atoms with Crippen molar-refractivity contribution >= 4 is 27.6 Å². The molecule has 6 heteroatoms. The molecule has 0 heterocycles. The van der Waals surface area contributed by atoms with Gasteiger partial charge in [0.05, 0.1) is 24.9 Å². The first-order valence-corrected chi connectivity index (χ1v) is 7.48. The monoisotopic (exact) mass is 342 g/mol. The van der Waals surface area contributed by atoms with Gasteiger partial charge in [-0.3, -0.25) is 0 Å². The Kier molecular flexibility index (Phi) is 5.25. The SMILES string of the molecule is COc1ccc(NC(=O)N[C@H]2CCCC[C@@H]2O)c(Br)c1. The summed E-state index contributed by atoms with van der Waals surface area (Å²) in [4.78, 5) is 11.9. The van der Waals surface area contributed by atoms with Crippen molar-refractivity contribution < 1.29 is 14.6 Å². The Bertz CT molecular complexity index is 481. The Balaban J connectivity index is 1.94. The Hall–Kier alpha value is -1.27. The fraction of sp³-hybridized carbons (Fsp3) is 0.500. The molecular weight excluding hydrogens is 324 g/mol. The molecule has 1 aromatic carbocycles. The van der Waals surface area contributed by atoms with Gasteiger partial charge in [-0.2, -0.15) is 0 Å². The molecule has 0 unspecified atom stereocenters. The van der Waals surface area contributed by atoms with E-state index in [1.165, 1.54) is 0 Å². The number of aliphatic hydroxyl groups is 1. The minimum absolute atomic E-state index is 0.166. The molecule has 1 aliphatic carbocycles. The first-order valence-electron chi connectivity index (χ1n) is 6.69. The lowest BCUT2D eigenvalue weighted by Crippen LogP contribution is -2.46. The van der Waals surface area contributed by atoms with Gasteiger partial charge >= 0.3 is 6.03 Å². The minimum Gasteiger partial charge on any atom is -0.497 e. The Morgan fingerprint density at radius 3 is 2.80 bits per heavy atom. The van der Waals surface area contributed by atoms with E-state index in [2.05, 4.69) is 26.6 Å². The van der Waals surface area contributed by atoms with E-state index in [1.54, 1.807) is 25.3 Å². The number of hydrogen-bond acceptors (Lipinski definition) is 3. The molecule has 0 aromatic heterocycles. The molecule has 0 spiro atoms. The van der Waals surface area contributed by atoms with Crippen LogP contribution in [0.3, 0.4) is 0 Å². The second-order valence-electron chi connectivity index (χ2n) is 4.90. The first-order chi connectivity index (χ1) is 9.60. The molecule has 2 rings (SSSR count). The number of benzene rings is 1. The maximum atomic E-state index is 11.9. The van der Waals surface area contributed by atoms with Crippen LogP contribution in [-0.2, 0) is 0 Å². The molecule has 1 aromatic rings. The quantitative estimate of drug-likeness (QED) is 0.790. The van der Waals surface area contributed by atoms with Gasteiger partial charge in [-0.1, -0.05) is 12.8 Å². The van der Waals surface area contributed by atoms with Crippen molar-refractivity contribution in [2.75, 3.05) is 12.4 Å². The Morgan fingerprint density at radius 1 is 1.40 bits per heavy atom. The van der Waals surface area contributed by atoms with Gasteiger partial charge in [0.2, 0.25) is 0 Å². The van der Waals surface area contributed by atoms with Gasteiger partial charge in [-0.05, 0) is 47.0 Å². The molecule has 0 radical (unpaired) electrons. The highest BCUT2D eigenvalue weighted by Crippen LogP contribution is 2.27. The summed E-state index contributed by atoms with van der Waals surface area (Å²) in [7, 11) is 1.59. The number of carbonyl (C=O) groups excluding carboxylic acids is 1. The minimum atomic E-state index is -0.450. The zero-order chi connectivity index (χ0) is 14.5. The van der Waals surface area contributed by atoms with E-state index in [1.807, 2.05) is 0 Å². The number of halogens is 1. The van der Waals surface area contributed by atoms with E-state index in [4.69, 9.17) is 4.74 Å². The van der Waals surface area contributed by atoms with E-state index in [-0.39, 0.29) is 12.1 Å². The molecule has 2 atom stereocenters. The second-order valence-corrected chi connectivity index (χ2v) is 5.76. The van der Waals surface area contributed by atoms with Crippen molar-refractivity contribution in [3.05, 3.63) is 22.7 Å². The van der Waals surface area contributed by atoms with Crippen LogP contribution in [0.5, 0.6) is 5.75 Å². The number of amides is 2. The average molecular weight is 343 g/mol. The molecule has 0 saturated heterocycles. The summed E-state index contributed by atoms with van der Waals surface area (Å²) >= 11 is 3.38. The van der Waals surface area contributed by atoms with Crippen LogP contribution in [0, 0.1) is 0 Å². The van der Waals surface area contributed by atoms with Gasteiger partial charge in [0.25, 0.3) is 0 Å².